The topological polar surface area (TPSA) is 49.3 Å². The number of carboxylic acids is 1. The van der Waals surface area contributed by atoms with Gasteiger partial charge in [0, 0.05) is 12.1 Å². The molecule has 102 valence electrons. The Hall–Kier alpha value is -1.35. The molecule has 1 aromatic rings. The normalized spacial score (nSPS) is 21.5. The fraction of sp³-hybridized carbons (Fsp3) is 0.562. The molecule has 0 bridgehead atoms. The molecule has 2 aliphatic rings. The van der Waals surface area contributed by atoms with Gasteiger partial charge in [0.1, 0.15) is 0 Å². The molecule has 3 rings (SSSR count). The summed E-state index contributed by atoms with van der Waals surface area (Å²) < 4.78 is 0. The molecule has 0 saturated heterocycles. The van der Waals surface area contributed by atoms with Crippen LogP contribution in [0.1, 0.15) is 54.4 Å². The van der Waals surface area contributed by atoms with Gasteiger partial charge in [-0.3, -0.25) is 0 Å². The SMILES string of the molecule is O=C(O)c1cccc(CNC2(C3CCC3)CCC2)c1. The molecular weight excluding hydrogens is 238 g/mol. The molecule has 0 amide bonds. The molecule has 2 fully saturated rings. The number of benzene rings is 1. The highest BCUT2D eigenvalue weighted by Crippen LogP contribution is 2.47. The smallest absolute Gasteiger partial charge is 0.335 e. The summed E-state index contributed by atoms with van der Waals surface area (Å²) in [7, 11) is 0. The summed E-state index contributed by atoms with van der Waals surface area (Å²) in [6, 6.07) is 7.27. The molecule has 0 aliphatic heterocycles. The highest BCUT2D eigenvalue weighted by molar-refractivity contribution is 5.87. The number of carboxylic acid groups (broad SMARTS) is 1. The van der Waals surface area contributed by atoms with Crippen molar-refractivity contribution >= 4 is 5.97 Å². The number of carbonyl (C=O) groups is 1. The van der Waals surface area contributed by atoms with E-state index in [0.29, 0.717) is 11.1 Å². The fourth-order valence-electron chi connectivity index (χ4n) is 3.34. The third-order valence-corrected chi connectivity index (χ3v) is 4.95. The maximum atomic E-state index is 11.0. The van der Waals surface area contributed by atoms with Gasteiger partial charge in [-0.2, -0.15) is 0 Å². The van der Waals surface area contributed by atoms with Crippen molar-refractivity contribution in [1.82, 2.24) is 5.32 Å². The Bertz CT molecular complexity index is 475. The van der Waals surface area contributed by atoms with Gasteiger partial charge in [-0.05, 0) is 55.7 Å². The van der Waals surface area contributed by atoms with Gasteiger partial charge in [0.15, 0.2) is 0 Å². The van der Waals surface area contributed by atoms with Gasteiger partial charge in [0.25, 0.3) is 0 Å². The van der Waals surface area contributed by atoms with Crippen LogP contribution in [0.5, 0.6) is 0 Å². The summed E-state index contributed by atoms with van der Waals surface area (Å²) in [6.45, 7) is 0.789. The average Bonchev–Trinajstić information content (AvgIpc) is 2.30. The van der Waals surface area contributed by atoms with E-state index >= 15 is 0 Å². The fourth-order valence-corrected chi connectivity index (χ4v) is 3.34. The maximum absolute atomic E-state index is 11.0. The minimum atomic E-state index is -0.848. The van der Waals surface area contributed by atoms with E-state index in [0.717, 1.165) is 18.0 Å². The van der Waals surface area contributed by atoms with Crippen LogP contribution in [0.3, 0.4) is 0 Å². The molecule has 2 N–H and O–H groups in total. The minimum absolute atomic E-state index is 0.359. The first-order valence-corrected chi connectivity index (χ1v) is 7.27. The average molecular weight is 259 g/mol. The van der Waals surface area contributed by atoms with Crippen molar-refractivity contribution in [2.45, 2.75) is 50.6 Å². The van der Waals surface area contributed by atoms with Crippen molar-refractivity contribution in [2.75, 3.05) is 0 Å². The van der Waals surface area contributed by atoms with E-state index in [1.54, 1.807) is 12.1 Å². The summed E-state index contributed by atoms with van der Waals surface area (Å²) in [5, 5.41) is 12.7. The lowest BCUT2D eigenvalue weighted by atomic mass is 9.61. The van der Waals surface area contributed by atoms with E-state index in [4.69, 9.17) is 5.11 Å². The maximum Gasteiger partial charge on any atom is 0.335 e. The monoisotopic (exact) mass is 259 g/mol. The minimum Gasteiger partial charge on any atom is -0.478 e. The molecule has 0 radical (unpaired) electrons. The Morgan fingerprint density at radius 2 is 2.11 bits per heavy atom. The van der Waals surface area contributed by atoms with Crippen molar-refractivity contribution in [3.63, 3.8) is 0 Å². The van der Waals surface area contributed by atoms with Crippen molar-refractivity contribution in [2.24, 2.45) is 5.92 Å². The van der Waals surface area contributed by atoms with Gasteiger partial charge >= 0.3 is 5.97 Å². The predicted molar refractivity (Wildman–Crippen MR) is 74.2 cm³/mol. The molecule has 3 heteroatoms. The molecule has 0 atom stereocenters. The molecule has 0 aromatic heterocycles. The molecule has 2 saturated carbocycles. The van der Waals surface area contributed by atoms with Crippen LogP contribution < -0.4 is 5.32 Å². The van der Waals surface area contributed by atoms with Crippen LogP contribution in [0.4, 0.5) is 0 Å². The third-order valence-electron chi connectivity index (χ3n) is 4.95. The number of hydrogen-bond donors (Lipinski definition) is 2. The van der Waals surface area contributed by atoms with Crippen LogP contribution in [0.2, 0.25) is 0 Å². The Morgan fingerprint density at radius 3 is 2.63 bits per heavy atom. The molecule has 2 aliphatic carbocycles. The lowest BCUT2D eigenvalue weighted by Crippen LogP contribution is -2.57. The summed E-state index contributed by atoms with van der Waals surface area (Å²) in [5.74, 6) is 0.00288. The molecule has 3 nitrogen and oxygen atoms in total. The van der Waals surface area contributed by atoms with Crippen LogP contribution in [-0.2, 0) is 6.54 Å². The van der Waals surface area contributed by atoms with E-state index in [9.17, 15) is 4.79 Å². The van der Waals surface area contributed by atoms with Gasteiger partial charge in [-0.25, -0.2) is 4.79 Å². The Balaban J connectivity index is 1.65. The van der Waals surface area contributed by atoms with E-state index in [-0.39, 0.29) is 0 Å². The van der Waals surface area contributed by atoms with Gasteiger partial charge in [-0.15, -0.1) is 0 Å². The van der Waals surface area contributed by atoms with Crippen LogP contribution in [-0.4, -0.2) is 16.6 Å². The zero-order valence-corrected chi connectivity index (χ0v) is 11.2. The largest absolute Gasteiger partial charge is 0.478 e. The summed E-state index contributed by atoms with van der Waals surface area (Å²) in [5.41, 5.74) is 1.81. The number of nitrogens with one attached hydrogen (secondary N) is 1. The molecule has 0 spiro atoms. The quantitative estimate of drug-likeness (QED) is 0.853. The third kappa shape index (κ3) is 2.39. The highest BCUT2D eigenvalue weighted by atomic mass is 16.4. The zero-order valence-electron chi connectivity index (χ0n) is 11.2. The van der Waals surface area contributed by atoms with Gasteiger partial charge in [0.2, 0.25) is 0 Å². The lowest BCUT2D eigenvalue weighted by Gasteiger charge is -2.52. The molecule has 19 heavy (non-hydrogen) atoms. The first-order valence-electron chi connectivity index (χ1n) is 7.27. The molecular formula is C16H21NO2. The van der Waals surface area contributed by atoms with Crippen molar-refractivity contribution in [1.29, 1.82) is 0 Å². The van der Waals surface area contributed by atoms with Crippen molar-refractivity contribution in [3.05, 3.63) is 35.4 Å². The predicted octanol–water partition coefficient (Wildman–Crippen LogP) is 3.20. The summed E-state index contributed by atoms with van der Waals surface area (Å²) in [4.78, 5) is 11.0. The highest BCUT2D eigenvalue weighted by Gasteiger charge is 2.45. The van der Waals surface area contributed by atoms with Crippen LogP contribution in [0, 0.1) is 5.92 Å². The van der Waals surface area contributed by atoms with E-state index < -0.39 is 5.97 Å². The van der Waals surface area contributed by atoms with Crippen molar-refractivity contribution in [3.8, 4) is 0 Å². The summed E-state index contributed by atoms with van der Waals surface area (Å²) >= 11 is 0. The standard InChI is InChI=1S/C16H21NO2/c18-15(19)13-5-1-4-12(10-13)11-17-16(8-3-9-16)14-6-2-7-14/h1,4-5,10,14,17H,2-3,6-9,11H2,(H,18,19). The second-order valence-corrected chi connectivity index (χ2v) is 6.00. The van der Waals surface area contributed by atoms with Crippen LogP contribution in [0.15, 0.2) is 24.3 Å². The Morgan fingerprint density at radius 1 is 1.32 bits per heavy atom. The Kier molecular flexibility index (Phi) is 3.31. The van der Waals surface area contributed by atoms with Gasteiger partial charge < -0.3 is 10.4 Å². The molecule has 0 unspecified atom stereocenters. The summed E-state index contributed by atoms with van der Waals surface area (Å²) in [6.07, 6.45) is 8.01. The number of rotatable bonds is 5. The lowest BCUT2D eigenvalue weighted by molar-refractivity contribution is 0.0495. The first kappa shape index (κ1) is 12.7. The van der Waals surface area contributed by atoms with Crippen molar-refractivity contribution < 1.29 is 9.90 Å². The second kappa shape index (κ2) is 4.97. The van der Waals surface area contributed by atoms with Gasteiger partial charge in [-0.1, -0.05) is 18.6 Å². The number of hydrogen-bond acceptors (Lipinski definition) is 2. The second-order valence-electron chi connectivity index (χ2n) is 6.00. The molecule has 1 aromatic carbocycles. The van der Waals surface area contributed by atoms with Crippen LogP contribution >= 0.6 is 0 Å². The number of aromatic carboxylic acids is 1. The first-order chi connectivity index (χ1) is 9.20. The van der Waals surface area contributed by atoms with Gasteiger partial charge in [0.05, 0.1) is 5.56 Å². The zero-order chi connectivity index (χ0) is 13.3. The molecule has 0 heterocycles. The van der Waals surface area contributed by atoms with E-state index in [1.807, 2.05) is 12.1 Å². The van der Waals surface area contributed by atoms with E-state index in [2.05, 4.69) is 5.32 Å². The Labute approximate surface area is 114 Å². The van der Waals surface area contributed by atoms with Crippen LogP contribution in [0.25, 0.3) is 0 Å². The van der Waals surface area contributed by atoms with E-state index in [1.165, 1.54) is 38.5 Å².